The van der Waals surface area contributed by atoms with Gasteiger partial charge in [-0.05, 0) is 30.9 Å². The first-order valence-electron chi connectivity index (χ1n) is 6.06. The van der Waals surface area contributed by atoms with Crippen molar-refractivity contribution >= 4 is 20.9 Å². The van der Waals surface area contributed by atoms with Gasteiger partial charge in [-0.3, -0.25) is 5.10 Å². The number of nitrogens with zero attached hydrogens (tertiary/aromatic N) is 1. The van der Waals surface area contributed by atoms with Gasteiger partial charge in [0.15, 0.2) is 0 Å². The molecule has 0 aliphatic heterocycles. The van der Waals surface area contributed by atoms with E-state index in [0.29, 0.717) is 13.0 Å². The molecule has 0 atom stereocenters. The van der Waals surface area contributed by atoms with Crippen molar-refractivity contribution in [2.45, 2.75) is 24.5 Å². The van der Waals surface area contributed by atoms with Crippen molar-refractivity contribution in [1.29, 1.82) is 0 Å². The van der Waals surface area contributed by atoms with Gasteiger partial charge in [0, 0.05) is 11.9 Å². The van der Waals surface area contributed by atoms with Crippen LogP contribution in [0.4, 0.5) is 0 Å². The van der Waals surface area contributed by atoms with Crippen molar-refractivity contribution in [2.75, 3.05) is 6.54 Å². The maximum Gasteiger partial charge on any atom is 0.214 e. The van der Waals surface area contributed by atoms with Crippen molar-refractivity contribution in [3.05, 3.63) is 30.0 Å². The summed E-state index contributed by atoms with van der Waals surface area (Å²) in [6, 6.07) is 6.00. The molecule has 18 heavy (non-hydrogen) atoms. The third-order valence-electron chi connectivity index (χ3n) is 3.19. The summed E-state index contributed by atoms with van der Waals surface area (Å²) in [7, 11) is -3.06. The first-order valence-corrected chi connectivity index (χ1v) is 7.60. The highest BCUT2D eigenvalue weighted by molar-refractivity contribution is 7.90. The van der Waals surface area contributed by atoms with Crippen LogP contribution in [0.1, 0.15) is 18.4 Å². The van der Waals surface area contributed by atoms with E-state index in [-0.39, 0.29) is 5.25 Å². The van der Waals surface area contributed by atoms with Gasteiger partial charge in [0.1, 0.15) is 0 Å². The summed E-state index contributed by atoms with van der Waals surface area (Å²) in [5.74, 6) is 0. The molecule has 6 heteroatoms. The van der Waals surface area contributed by atoms with Gasteiger partial charge >= 0.3 is 0 Å². The molecular formula is C12H15N3O2S. The Morgan fingerprint density at radius 2 is 2.22 bits per heavy atom. The second kappa shape index (κ2) is 4.37. The van der Waals surface area contributed by atoms with Gasteiger partial charge in [-0.15, -0.1) is 0 Å². The number of hydrogen-bond donors (Lipinski definition) is 2. The molecule has 2 aromatic rings. The van der Waals surface area contributed by atoms with Gasteiger partial charge in [0.2, 0.25) is 10.0 Å². The predicted molar refractivity (Wildman–Crippen MR) is 69.7 cm³/mol. The molecule has 0 spiro atoms. The van der Waals surface area contributed by atoms with Crippen LogP contribution in [0.3, 0.4) is 0 Å². The lowest BCUT2D eigenvalue weighted by Crippen LogP contribution is -2.29. The van der Waals surface area contributed by atoms with Gasteiger partial charge in [0.25, 0.3) is 0 Å². The summed E-state index contributed by atoms with van der Waals surface area (Å²) < 4.78 is 25.9. The molecular weight excluding hydrogens is 250 g/mol. The highest BCUT2D eigenvalue weighted by atomic mass is 32.2. The van der Waals surface area contributed by atoms with Crippen molar-refractivity contribution in [3.63, 3.8) is 0 Å². The minimum atomic E-state index is -3.06. The summed E-state index contributed by atoms with van der Waals surface area (Å²) in [4.78, 5) is 0. The molecule has 0 saturated heterocycles. The highest BCUT2D eigenvalue weighted by Crippen LogP contribution is 2.27. The van der Waals surface area contributed by atoms with E-state index in [9.17, 15) is 8.42 Å². The minimum Gasteiger partial charge on any atom is -0.278 e. The van der Waals surface area contributed by atoms with Gasteiger partial charge < -0.3 is 0 Å². The molecule has 3 rings (SSSR count). The average Bonchev–Trinajstić information content (AvgIpc) is 3.09. The Balaban J connectivity index is 1.62. The maximum absolute atomic E-state index is 11.6. The number of aromatic amines is 1. The van der Waals surface area contributed by atoms with Gasteiger partial charge in [-0.25, -0.2) is 13.1 Å². The Labute approximate surface area is 106 Å². The minimum absolute atomic E-state index is 0.146. The van der Waals surface area contributed by atoms with Crippen LogP contribution in [0.25, 0.3) is 10.9 Å². The second-order valence-corrected chi connectivity index (χ2v) is 6.73. The van der Waals surface area contributed by atoms with Crippen molar-refractivity contribution in [2.24, 2.45) is 0 Å². The maximum atomic E-state index is 11.6. The molecule has 96 valence electrons. The fourth-order valence-corrected chi connectivity index (χ4v) is 3.35. The van der Waals surface area contributed by atoms with Gasteiger partial charge in [-0.1, -0.05) is 12.1 Å². The molecule has 1 aliphatic rings. The molecule has 1 heterocycles. The van der Waals surface area contributed by atoms with Crippen LogP contribution < -0.4 is 4.72 Å². The first kappa shape index (κ1) is 11.7. The fraction of sp³-hybridized carbons (Fsp3) is 0.417. The van der Waals surface area contributed by atoms with E-state index >= 15 is 0 Å². The fourth-order valence-electron chi connectivity index (χ4n) is 1.97. The van der Waals surface area contributed by atoms with E-state index in [1.54, 1.807) is 6.20 Å². The molecule has 1 fully saturated rings. The normalized spacial score (nSPS) is 16.2. The molecule has 1 aromatic carbocycles. The molecule has 2 N–H and O–H groups in total. The first-order chi connectivity index (χ1) is 8.65. The Hall–Kier alpha value is -1.40. The summed E-state index contributed by atoms with van der Waals surface area (Å²) in [6.07, 6.45) is 4.07. The number of hydrogen-bond acceptors (Lipinski definition) is 3. The average molecular weight is 265 g/mol. The summed E-state index contributed by atoms with van der Waals surface area (Å²) in [5, 5.41) is 7.78. The van der Waals surface area contributed by atoms with E-state index in [4.69, 9.17) is 0 Å². The molecule has 1 saturated carbocycles. The van der Waals surface area contributed by atoms with E-state index < -0.39 is 10.0 Å². The molecule has 5 nitrogen and oxygen atoms in total. The number of sulfonamides is 1. The summed E-state index contributed by atoms with van der Waals surface area (Å²) in [5.41, 5.74) is 2.09. The van der Waals surface area contributed by atoms with E-state index in [1.807, 2.05) is 18.2 Å². The van der Waals surface area contributed by atoms with Crippen molar-refractivity contribution in [1.82, 2.24) is 14.9 Å². The zero-order chi connectivity index (χ0) is 12.6. The largest absolute Gasteiger partial charge is 0.278 e. The number of benzene rings is 1. The SMILES string of the molecule is O=S(=O)(NCCc1ccc2cn[nH]c2c1)C1CC1. The summed E-state index contributed by atoms with van der Waals surface area (Å²) >= 11 is 0. The molecule has 1 aromatic heterocycles. The number of fused-ring (bicyclic) bond motifs is 1. The predicted octanol–water partition coefficient (Wildman–Crippen LogP) is 1.19. The number of H-pyrrole nitrogens is 1. The van der Waals surface area contributed by atoms with Crippen LogP contribution in [-0.2, 0) is 16.4 Å². The number of aromatic nitrogens is 2. The van der Waals surface area contributed by atoms with Gasteiger partial charge in [-0.2, -0.15) is 5.10 Å². The topological polar surface area (TPSA) is 74.8 Å². The number of rotatable bonds is 5. The lowest BCUT2D eigenvalue weighted by molar-refractivity contribution is 0.580. The Kier molecular flexibility index (Phi) is 2.83. The Morgan fingerprint density at radius 1 is 1.39 bits per heavy atom. The third-order valence-corrected chi connectivity index (χ3v) is 5.14. The van der Waals surface area contributed by atoms with Crippen LogP contribution >= 0.6 is 0 Å². The lowest BCUT2D eigenvalue weighted by atomic mass is 10.1. The van der Waals surface area contributed by atoms with E-state index in [1.165, 1.54) is 0 Å². The monoisotopic (exact) mass is 265 g/mol. The molecule has 0 radical (unpaired) electrons. The second-order valence-electron chi connectivity index (χ2n) is 4.68. The summed E-state index contributed by atoms with van der Waals surface area (Å²) in [6.45, 7) is 0.457. The molecule has 0 amide bonds. The lowest BCUT2D eigenvalue weighted by Gasteiger charge is -2.05. The Morgan fingerprint density at radius 3 is 3.00 bits per heavy atom. The zero-order valence-electron chi connectivity index (χ0n) is 9.89. The van der Waals surface area contributed by atoms with Crippen LogP contribution in [-0.4, -0.2) is 30.4 Å². The van der Waals surface area contributed by atoms with Crippen LogP contribution in [0.15, 0.2) is 24.4 Å². The van der Waals surface area contributed by atoms with Crippen molar-refractivity contribution < 1.29 is 8.42 Å². The van der Waals surface area contributed by atoms with Crippen molar-refractivity contribution in [3.8, 4) is 0 Å². The van der Waals surface area contributed by atoms with Crippen LogP contribution in [0.2, 0.25) is 0 Å². The van der Waals surface area contributed by atoms with Gasteiger partial charge in [0.05, 0.1) is 17.0 Å². The number of nitrogens with one attached hydrogen (secondary N) is 2. The van der Waals surface area contributed by atoms with E-state index in [0.717, 1.165) is 29.3 Å². The quantitative estimate of drug-likeness (QED) is 0.852. The highest BCUT2D eigenvalue weighted by Gasteiger charge is 2.35. The van der Waals surface area contributed by atoms with Crippen LogP contribution in [0.5, 0.6) is 0 Å². The molecule has 0 unspecified atom stereocenters. The van der Waals surface area contributed by atoms with Crippen LogP contribution in [0, 0.1) is 0 Å². The zero-order valence-corrected chi connectivity index (χ0v) is 10.7. The van der Waals surface area contributed by atoms with E-state index in [2.05, 4.69) is 14.9 Å². The molecule has 1 aliphatic carbocycles. The smallest absolute Gasteiger partial charge is 0.214 e. The Bertz CT molecular complexity index is 659. The molecule has 0 bridgehead atoms. The third kappa shape index (κ3) is 2.39. The standard InChI is InChI=1S/C12H15N3O2S/c16-18(17,11-3-4-11)14-6-5-9-1-2-10-8-13-15-12(10)7-9/h1-2,7-8,11,14H,3-6H2,(H,13,15).